The third-order valence-electron chi connectivity index (χ3n) is 9.39. The van der Waals surface area contributed by atoms with Crippen molar-refractivity contribution in [3.63, 3.8) is 0 Å². The number of alkyl halides is 4. The molecule has 4 unspecified atom stereocenters. The van der Waals surface area contributed by atoms with E-state index in [1.54, 1.807) is 0 Å². The van der Waals surface area contributed by atoms with Crippen LogP contribution in [0.3, 0.4) is 0 Å². The Labute approximate surface area is 327 Å². The molecule has 4 aliphatic carbocycles. The maximum Gasteiger partial charge on any atom is 0.251 e. The molecule has 7 N–H and O–H groups in total. The van der Waals surface area contributed by atoms with Crippen molar-refractivity contribution in [2.75, 3.05) is 5.32 Å². The fourth-order valence-corrected chi connectivity index (χ4v) is 7.75. The van der Waals surface area contributed by atoms with Crippen molar-refractivity contribution in [3.05, 3.63) is 122 Å². The summed E-state index contributed by atoms with van der Waals surface area (Å²) in [5.74, 6) is -5.10. The van der Waals surface area contributed by atoms with Crippen molar-refractivity contribution in [3.8, 4) is 0 Å². The summed E-state index contributed by atoms with van der Waals surface area (Å²) in [6.45, 7) is 0. The maximum atomic E-state index is 13.8. The van der Waals surface area contributed by atoms with E-state index in [4.69, 9.17) is 52.0 Å². The Balaban J connectivity index is 0.000000172. The standard InChI is InChI=1S/C19H19ClF2N4.C13H8Cl2N2.C6H12F2N2.CH4/c20-16-10-24-18(25-13-7-12(23)8-19(21,22)9-13)26-17(16)15-6-5-11-3-1-2-4-14(11)15;14-11-7-16-13(15)17-12(11)10-6-5-8-3-1-2-4-9(8)10;7-6(8)2-4(9)1-5(10)3-6;/h1-4,6,10,12-13H,5,7-9,23H2,(H,24,25,26);1-4,6-7H,5H2;4-5H,1-3,9-10H2;1H4. The average molecular weight is 806 g/mol. The molecule has 288 valence electrons. The molecular formula is C39H43Cl3F4N8. The lowest BCUT2D eigenvalue weighted by molar-refractivity contribution is -0.0458. The van der Waals surface area contributed by atoms with E-state index in [0.29, 0.717) is 40.2 Å². The molecule has 4 aliphatic rings. The zero-order chi connectivity index (χ0) is 37.9. The second-order valence-electron chi connectivity index (χ2n) is 13.8. The van der Waals surface area contributed by atoms with Gasteiger partial charge in [0.15, 0.2) is 0 Å². The molecule has 2 aromatic carbocycles. The Hall–Kier alpha value is -3.65. The fraction of sp³-hybridized carbons (Fsp3) is 0.385. The van der Waals surface area contributed by atoms with Crippen LogP contribution in [0.15, 0.2) is 73.1 Å². The first-order valence-electron chi connectivity index (χ1n) is 17.2. The van der Waals surface area contributed by atoms with Crippen LogP contribution in [0.25, 0.3) is 11.1 Å². The molecular weight excluding hydrogens is 763 g/mol. The molecule has 2 aromatic heterocycles. The fourth-order valence-electron chi connectivity index (χ4n) is 7.23. The molecule has 4 aromatic rings. The maximum absolute atomic E-state index is 13.8. The number of nitrogens with zero attached hydrogens (tertiary/aromatic N) is 4. The molecule has 0 radical (unpaired) electrons. The van der Waals surface area contributed by atoms with E-state index in [0.717, 1.165) is 29.6 Å². The molecule has 4 atom stereocenters. The molecule has 8 rings (SSSR count). The molecule has 2 heterocycles. The molecule has 0 bridgehead atoms. The van der Waals surface area contributed by atoms with Gasteiger partial charge in [0.2, 0.25) is 11.2 Å². The third kappa shape index (κ3) is 10.3. The number of allylic oxidation sites excluding steroid dienone is 2. The van der Waals surface area contributed by atoms with E-state index in [-0.39, 0.29) is 38.4 Å². The van der Waals surface area contributed by atoms with Crippen LogP contribution in [0.5, 0.6) is 0 Å². The van der Waals surface area contributed by atoms with Gasteiger partial charge in [0, 0.05) is 61.0 Å². The van der Waals surface area contributed by atoms with Gasteiger partial charge in [-0.1, -0.05) is 91.3 Å². The Morgan fingerprint density at radius 2 is 1.09 bits per heavy atom. The Morgan fingerprint density at radius 3 is 1.61 bits per heavy atom. The lowest BCUT2D eigenvalue weighted by atomic mass is 9.88. The van der Waals surface area contributed by atoms with Gasteiger partial charge in [0.1, 0.15) is 0 Å². The summed E-state index contributed by atoms with van der Waals surface area (Å²) < 4.78 is 52.6. The Kier molecular flexibility index (Phi) is 13.4. The van der Waals surface area contributed by atoms with Crippen molar-refractivity contribution in [2.45, 2.75) is 94.8 Å². The second kappa shape index (κ2) is 17.4. The predicted molar refractivity (Wildman–Crippen MR) is 209 cm³/mol. The highest BCUT2D eigenvalue weighted by atomic mass is 35.5. The minimum Gasteiger partial charge on any atom is -0.351 e. The van der Waals surface area contributed by atoms with E-state index in [1.807, 2.05) is 30.3 Å². The number of nitrogens with two attached hydrogens (primary N) is 3. The van der Waals surface area contributed by atoms with Gasteiger partial charge in [-0.2, -0.15) is 0 Å². The average Bonchev–Trinajstić information content (AvgIpc) is 3.70. The van der Waals surface area contributed by atoms with Crippen LogP contribution in [-0.4, -0.2) is 55.9 Å². The van der Waals surface area contributed by atoms with Gasteiger partial charge < -0.3 is 22.5 Å². The summed E-state index contributed by atoms with van der Waals surface area (Å²) >= 11 is 18.3. The molecule has 0 aliphatic heterocycles. The number of nitrogens with one attached hydrogen (secondary N) is 1. The number of aromatic nitrogens is 4. The van der Waals surface area contributed by atoms with Gasteiger partial charge in [-0.25, -0.2) is 37.5 Å². The predicted octanol–water partition coefficient (Wildman–Crippen LogP) is 8.91. The third-order valence-corrected chi connectivity index (χ3v) is 10.1. The van der Waals surface area contributed by atoms with E-state index in [9.17, 15) is 17.6 Å². The monoisotopic (exact) mass is 804 g/mol. The molecule has 54 heavy (non-hydrogen) atoms. The lowest BCUT2D eigenvalue weighted by Gasteiger charge is -2.33. The van der Waals surface area contributed by atoms with Crippen LogP contribution in [0.1, 0.15) is 79.6 Å². The van der Waals surface area contributed by atoms with Gasteiger partial charge in [-0.3, -0.25) is 0 Å². The SMILES string of the molecule is C.Clc1ncc(Cl)c(C2=CCc3ccccc32)n1.NC1CC(N)CC(F)(F)C1.NC1CC(Nc2ncc(Cl)c(C3=CCc4ccccc43)n2)CC(F)(F)C1. The molecule has 15 heteroatoms. The number of hydrogen-bond donors (Lipinski definition) is 4. The molecule has 0 amide bonds. The minimum absolute atomic E-state index is 0. The van der Waals surface area contributed by atoms with Gasteiger partial charge in [-0.15, -0.1) is 0 Å². The van der Waals surface area contributed by atoms with Crippen LogP contribution >= 0.6 is 34.8 Å². The Morgan fingerprint density at radius 1 is 0.630 bits per heavy atom. The zero-order valence-corrected chi connectivity index (χ0v) is 30.8. The van der Waals surface area contributed by atoms with E-state index < -0.39 is 36.0 Å². The van der Waals surface area contributed by atoms with Crippen molar-refractivity contribution >= 4 is 51.9 Å². The normalized spacial score (nSPS) is 23.1. The molecule has 0 saturated heterocycles. The molecule has 0 spiro atoms. The van der Waals surface area contributed by atoms with Crippen LogP contribution in [0.2, 0.25) is 15.3 Å². The van der Waals surface area contributed by atoms with Gasteiger partial charge >= 0.3 is 0 Å². The zero-order valence-electron chi connectivity index (χ0n) is 28.6. The molecule has 2 fully saturated rings. The summed E-state index contributed by atoms with van der Waals surface area (Å²) in [6, 6.07) is 14.4. The molecule has 8 nitrogen and oxygen atoms in total. The quantitative estimate of drug-likeness (QED) is 0.118. The Bertz CT molecular complexity index is 2000. The number of hydrogen-bond acceptors (Lipinski definition) is 8. The summed E-state index contributed by atoms with van der Waals surface area (Å²) in [5, 5.41) is 4.19. The van der Waals surface area contributed by atoms with Crippen molar-refractivity contribution < 1.29 is 17.6 Å². The number of benzene rings is 2. The van der Waals surface area contributed by atoms with Crippen molar-refractivity contribution in [1.82, 2.24) is 19.9 Å². The van der Waals surface area contributed by atoms with Crippen LogP contribution in [0.4, 0.5) is 23.5 Å². The first kappa shape index (κ1) is 41.5. The van der Waals surface area contributed by atoms with Crippen molar-refractivity contribution in [2.24, 2.45) is 17.2 Å². The summed E-state index contributed by atoms with van der Waals surface area (Å²) in [7, 11) is 0. The number of fused-ring (bicyclic) bond motifs is 2. The highest BCUT2D eigenvalue weighted by molar-refractivity contribution is 6.33. The van der Waals surface area contributed by atoms with E-state index in [2.05, 4.69) is 55.6 Å². The number of halogens is 7. The van der Waals surface area contributed by atoms with Crippen LogP contribution in [0, 0.1) is 0 Å². The summed E-state index contributed by atoms with van der Waals surface area (Å²) in [5.41, 5.74) is 24.5. The molecule has 2 saturated carbocycles. The van der Waals surface area contributed by atoms with Gasteiger partial charge in [0.25, 0.3) is 11.8 Å². The number of rotatable bonds is 4. The largest absolute Gasteiger partial charge is 0.351 e. The first-order chi connectivity index (χ1) is 25.2. The lowest BCUT2D eigenvalue weighted by Crippen LogP contribution is -2.45. The van der Waals surface area contributed by atoms with Crippen LogP contribution < -0.4 is 22.5 Å². The number of anilines is 1. The van der Waals surface area contributed by atoms with Gasteiger partial charge in [-0.05, 0) is 59.5 Å². The van der Waals surface area contributed by atoms with Crippen molar-refractivity contribution in [1.29, 1.82) is 0 Å². The highest BCUT2D eigenvalue weighted by Crippen LogP contribution is 2.38. The first-order valence-corrected chi connectivity index (χ1v) is 18.4. The summed E-state index contributed by atoms with van der Waals surface area (Å²) in [4.78, 5) is 16.7. The van der Waals surface area contributed by atoms with Gasteiger partial charge in [0.05, 0.1) is 33.8 Å². The minimum atomic E-state index is -2.77. The van der Waals surface area contributed by atoms with E-state index in [1.165, 1.54) is 29.1 Å². The highest BCUT2D eigenvalue weighted by Gasteiger charge is 2.40. The second-order valence-corrected chi connectivity index (χ2v) is 15.0. The topological polar surface area (TPSA) is 142 Å². The van der Waals surface area contributed by atoms with E-state index >= 15 is 0 Å². The smallest absolute Gasteiger partial charge is 0.251 e. The summed E-state index contributed by atoms with van der Waals surface area (Å²) in [6.07, 6.45) is 8.99. The van der Waals surface area contributed by atoms with Crippen LogP contribution in [-0.2, 0) is 12.8 Å².